The molecule has 84 valence electrons. The number of ether oxygens (including phenoxy) is 2. The molecule has 0 spiro atoms. The number of para-hydroxylation sites is 1. The Bertz CT molecular complexity index is 239. The van der Waals surface area contributed by atoms with Gasteiger partial charge >= 0.3 is 0 Å². The van der Waals surface area contributed by atoms with Crippen LogP contribution in [0, 0.1) is 0 Å². The van der Waals surface area contributed by atoms with Crippen LogP contribution in [0.25, 0.3) is 0 Å². The van der Waals surface area contributed by atoms with Crippen LogP contribution >= 0.6 is 0 Å². The molecular weight excluding hydrogens is 190 g/mol. The summed E-state index contributed by atoms with van der Waals surface area (Å²) < 4.78 is 10.8. The maximum atomic E-state index is 5.47. The molecule has 0 saturated carbocycles. The van der Waals surface area contributed by atoms with Gasteiger partial charge < -0.3 is 14.8 Å². The predicted molar refractivity (Wildman–Crippen MR) is 61.3 cm³/mol. The van der Waals surface area contributed by atoms with Crippen molar-refractivity contribution in [3.8, 4) is 5.75 Å². The average molecular weight is 209 g/mol. The molecule has 1 rings (SSSR count). The van der Waals surface area contributed by atoms with E-state index in [4.69, 9.17) is 9.47 Å². The topological polar surface area (TPSA) is 30.5 Å². The summed E-state index contributed by atoms with van der Waals surface area (Å²) in [6.45, 7) is 5.96. The van der Waals surface area contributed by atoms with Crippen molar-refractivity contribution in [3.05, 3.63) is 30.3 Å². The minimum Gasteiger partial charge on any atom is -0.491 e. The van der Waals surface area contributed by atoms with E-state index in [9.17, 15) is 0 Å². The van der Waals surface area contributed by atoms with Crippen molar-refractivity contribution in [1.29, 1.82) is 0 Å². The molecule has 0 radical (unpaired) electrons. The van der Waals surface area contributed by atoms with Gasteiger partial charge in [0.1, 0.15) is 12.4 Å². The fraction of sp³-hybridized carbons (Fsp3) is 0.500. The highest BCUT2D eigenvalue weighted by atomic mass is 16.5. The van der Waals surface area contributed by atoms with Crippen LogP contribution in [-0.4, -0.2) is 32.9 Å². The van der Waals surface area contributed by atoms with E-state index in [1.165, 1.54) is 0 Å². The van der Waals surface area contributed by atoms with Crippen molar-refractivity contribution < 1.29 is 9.47 Å². The van der Waals surface area contributed by atoms with Gasteiger partial charge in [0.2, 0.25) is 0 Å². The molecule has 15 heavy (non-hydrogen) atoms. The van der Waals surface area contributed by atoms with Gasteiger partial charge in [0.05, 0.1) is 13.2 Å². The first kappa shape index (κ1) is 12.0. The van der Waals surface area contributed by atoms with Gasteiger partial charge in [0.25, 0.3) is 0 Å². The Morgan fingerprint density at radius 2 is 1.87 bits per heavy atom. The number of rotatable bonds is 8. The lowest BCUT2D eigenvalue weighted by Gasteiger charge is -2.06. The third-order valence-electron chi connectivity index (χ3n) is 1.91. The minimum atomic E-state index is 0.607. The van der Waals surface area contributed by atoms with Crippen LogP contribution < -0.4 is 10.1 Å². The zero-order chi connectivity index (χ0) is 10.8. The Balaban J connectivity index is 1.93. The predicted octanol–water partition coefficient (Wildman–Crippen LogP) is 1.69. The zero-order valence-corrected chi connectivity index (χ0v) is 9.24. The number of hydrogen-bond acceptors (Lipinski definition) is 3. The molecule has 1 aromatic rings. The molecule has 0 amide bonds. The van der Waals surface area contributed by atoms with Crippen molar-refractivity contribution in [1.82, 2.24) is 5.32 Å². The largest absolute Gasteiger partial charge is 0.491 e. The molecule has 3 heteroatoms. The highest BCUT2D eigenvalue weighted by molar-refractivity contribution is 5.20. The summed E-state index contributed by atoms with van der Waals surface area (Å²) in [5, 5.41) is 3.19. The molecule has 1 aromatic carbocycles. The van der Waals surface area contributed by atoms with Crippen molar-refractivity contribution in [3.63, 3.8) is 0 Å². The SMILES string of the molecule is CCNCCOCCOc1ccccc1. The normalized spacial score (nSPS) is 10.2. The first-order valence-corrected chi connectivity index (χ1v) is 5.40. The van der Waals surface area contributed by atoms with E-state index in [0.717, 1.165) is 25.4 Å². The molecule has 0 atom stereocenters. The summed E-state index contributed by atoms with van der Waals surface area (Å²) in [7, 11) is 0. The third-order valence-corrected chi connectivity index (χ3v) is 1.91. The minimum absolute atomic E-state index is 0.607. The first-order chi connectivity index (χ1) is 7.43. The van der Waals surface area contributed by atoms with Crippen LogP contribution in [0.5, 0.6) is 5.75 Å². The highest BCUT2D eigenvalue weighted by Gasteiger charge is 1.91. The van der Waals surface area contributed by atoms with E-state index in [2.05, 4.69) is 12.2 Å². The molecule has 1 N–H and O–H groups in total. The quantitative estimate of drug-likeness (QED) is 0.661. The van der Waals surface area contributed by atoms with Crippen LogP contribution in [0.2, 0.25) is 0 Å². The first-order valence-electron chi connectivity index (χ1n) is 5.40. The molecule has 0 unspecified atom stereocenters. The van der Waals surface area contributed by atoms with Crippen LogP contribution in [0.4, 0.5) is 0 Å². The number of hydrogen-bond donors (Lipinski definition) is 1. The zero-order valence-electron chi connectivity index (χ0n) is 9.24. The highest BCUT2D eigenvalue weighted by Crippen LogP contribution is 2.07. The summed E-state index contributed by atoms with van der Waals surface area (Å²) in [6, 6.07) is 9.78. The van der Waals surface area contributed by atoms with Gasteiger partial charge in [0, 0.05) is 6.54 Å². The monoisotopic (exact) mass is 209 g/mol. The fourth-order valence-corrected chi connectivity index (χ4v) is 1.16. The molecule has 0 fully saturated rings. The number of nitrogens with one attached hydrogen (secondary N) is 1. The van der Waals surface area contributed by atoms with E-state index in [-0.39, 0.29) is 0 Å². The molecule has 0 aliphatic rings. The van der Waals surface area contributed by atoms with Crippen molar-refractivity contribution >= 4 is 0 Å². The van der Waals surface area contributed by atoms with Gasteiger partial charge in [-0.05, 0) is 18.7 Å². The molecule has 0 aliphatic heterocycles. The van der Waals surface area contributed by atoms with Crippen LogP contribution in [-0.2, 0) is 4.74 Å². The van der Waals surface area contributed by atoms with Crippen molar-refractivity contribution in [2.75, 3.05) is 32.9 Å². The van der Waals surface area contributed by atoms with Crippen LogP contribution in [0.3, 0.4) is 0 Å². The van der Waals surface area contributed by atoms with Gasteiger partial charge in [0.15, 0.2) is 0 Å². The Labute approximate surface area is 91.4 Å². The lowest BCUT2D eigenvalue weighted by atomic mass is 10.3. The van der Waals surface area contributed by atoms with E-state index in [1.807, 2.05) is 30.3 Å². The Morgan fingerprint density at radius 3 is 2.60 bits per heavy atom. The lowest BCUT2D eigenvalue weighted by Crippen LogP contribution is -2.20. The second-order valence-electron chi connectivity index (χ2n) is 3.13. The number of likely N-dealkylation sites (N-methyl/N-ethyl adjacent to an activating group) is 1. The van der Waals surface area contributed by atoms with Gasteiger partial charge in [-0.2, -0.15) is 0 Å². The Morgan fingerprint density at radius 1 is 1.07 bits per heavy atom. The molecule has 0 saturated heterocycles. The molecule has 0 heterocycles. The maximum Gasteiger partial charge on any atom is 0.119 e. The Kier molecular flexibility index (Phi) is 6.62. The molecule has 0 aliphatic carbocycles. The van der Waals surface area contributed by atoms with E-state index < -0.39 is 0 Å². The second kappa shape index (κ2) is 8.26. The Hall–Kier alpha value is -1.06. The van der Waals surface area contributed by atoms with Crippen LogP contribution in [0.1, 0.15) is 6.92 Å². The number of benzene rings is 1. The molecule has 0 aromatic heterocycles. The van der Waals surface area contributed by atoms with Gasteiger partial charge in [-0.3, -0.25) is 0 Å². The van der Waals surface area contributed by atoms with Crippen LogP contribution in [0.15, 0.2) is 30.3 Å². The standard InChI is InChI=1S/C12H19NO2/c1-2-13-8-9-14-10-11-15-12-6-4-3-5-7-12/h3-7,13H,2,8-11H2,1H3. The van der Waals surface area contributed by atoms with E-state index >= 15 is 0 Å². The van der Waals surface area contributed by atoms with Gasteiger partial charge in [-0.25, -0.2) is 0 Å². The van der Waals surface area contributed by atoms with Gasteiger partial charge in [-0.1, -0.05) is 25.1 Å². The molecule has 3 nitrogen and oxygen atoms in total. The maximum absolute atomic E-state index is 5.47. The average Bonchev–Trinajstić information content (AvgIpc) is 2.29. The van der Waals surface area contributed by atoms with E-state index in [1.54, 1.807) is 0 Å². The van der Waals surface area contributed by atoms with Crippen molar-refractivity contribution in [2.24, 2.45) is 0 Å². The third kappa shape index (κ3) is 6.10. The lowest BCUT2D eigenvalue weighted by molar-refractivity contribution is 0.102. The summed E-state index contributed by atoms with van der Waals surface area (Å²) in [6.07, 6.45) is 0. The summed E-state index contributed by atoms with van der Waals surface area (Å²) in [5.74, 6) is 0.896. The van der Waals surface area contributed by atoms with Crippen molar-refractivity contribution in [2.45, 2.75) is 6.92 Å². The van der Waals surface area contributed by atoms with Gasteiger partial charge in [-0.15, -0.1) is 0 Å². The smallest absolute Gasteiger partial charge is 0.119 e. The summed E-state index contributed by atoms with van der Waals surface area (Å²) >= 11 is 0. The summed E-state index contributed by atoms with van der Waals surface area (Å²) in [5.41, 5.74) is 0. The van der Waals surface area contributed by atoms with E-state index in [0.29, 0.717) is 13.2 Å². The molecule has 0 bridgehead atoms. The second-order valence-corrected chi connectivity index (χ2v) is 3.13. The summed E-state index contributed by atoms with van der Waals surface area (Å²) in [4.78, 5) is 0. The molecular formula is C12H19NO2. The fourth-order valence-electron chi connectivity index (χ4n) is 1.16.